The number of halogens is 2. The quantitative estimate of drug-likeness (QED) is 0.739. The molecule has 3 aromatic rings. The Balaban J connectivity index is 1.57. The van der Waals surface area contributed by atoms with Gasteiger partial charge in [-0.05, 0) is 48.5 Å². The largest absolute Gasteiger partial charge is 0.484 e. The van der Waals surface area contributed by atoms with Crippen LogP contribution in [0.2, 0.25) is 10.0 Å². The van der Waals surface area contributed by atoms with Crippen molar-refractivity contribution < 1.29 is 13.9 Å². The van der Waals surface area contributed by atoms with Gasteiger partial charge in [-0.2, -0.15) is 0 Å². The fourth-order valence-electron chi connectivity index (χ4n) is 1.82. The minimum absolute atomic E-state index is 0.00958. The number of aromatic nitrogens is 2. The Bertz CT molecular complexity index is 833. The molecule has 24 heavy (non-hydrogen) atoms. The Hall–Kier alpha value is -2.57. The number of anilines is 1. The second kappa shape index (κ2) is 7.33. The van der Waals surface area contributed by atoms with Crippen LogP contribution in [0.3, 0.4) is 0 Å². The van der Waals surface area contributed by atoms with Gasteiger partial charge in [0.15, 0.2) is 6.61 Å². The Morgan fingerprint density at radius 2 is 1.62 bits per heavy atom. The van der Waals surface area contributed by atoms with Crippen LogP contribution in [0, 0.1) is 0 Å². The van der Waals surface area contributed by atoms with E-state index in [4.69, 9.17) is 32.4 Å². The lowest BCUT2D eigenvalue weighted by atomic mass is 10.2. The fraction of sp³-hybridized carbons (Fsp3) is 0.0625. The first-order valence-corrected chi connectivity index (χ1v) is 7.63. The summed E-state index contributed by atoms with van der Waals surface area (Å²) in [6.45, 7) is -0.194. The van der Waals surface area contributed by atoms with Crippen molar-refractivity contribution in [2.24, 2.45) is 0 Å². The highest BCUT2D eigenvalue weighted by atomic mass is 35.5. The number of nitrogens with one attached hydrogen (secondary N) is 1. The maximum atomic E-state index is 11.8. The monoisotopic (exact) mass is 363 g/mol. The molecule has 1 N–H and O–H groups in total. The van der Waals surface area contributed by atoms with E-state index in [9.17, 15) is 4.79 Å². The third-order valence-corrected chi connectivity index (χ3v) is 3.45. The highest BCUT2D eigenvalue weighted by molar-refractivity contribution is 6.30. The van der Waals surface area contributed by atoms with Crippen molar-refractivity contribution >= 4 is 35.1 Å². The SMILES string of the molecule is O=C(COc1ccc(Cl)cc1)Nc1nnc(-c2ccc(Cl)cc2)o1. The number of hydrogen-bond donors (Lipinski definition) is 1. The summed E-state index contributed by atoms with van der Waals surface area (Å²) in [6, 6.07) is 13.6. The van der Waals surface area contributed by atoms with E-state index in [2.05, 4.69) is 15.5 Å². The summed E-state index contributed by atoms with van der Waals surface area (Å²) in [5.41, 5.74) is 0.699. The van der Waals surface area contributed by atoms with Gasteiger partial charge in [0.25, 0.3) is 5.91 Å². The Morgan fingerprint density at radius 3 is 2.29 bits per heavy atom. The summed E-state index contributed by atoms with van der Waals surface area (Å²) < 4.78 is 10.7. The molecular weight excluding hydrogens is 353 g/mol. The zero-order valence-electron chi connectivity index (χ0n) is 12.2. The number of amides is 1. The van der Waals surface area contributed by atoms with Crippen LogP contribution in [0.25, 0.3) is 11.5 Å². The number of rotatable bonds is 5. The molecule has 0 aliphatic carbocycles. The molecule has 0 unspecified atom stereocenters. The number of hydrogen-bond acceptors (Lipinski definition) is 5. The van der Waals surface area contributed by atoms with E-state index in [1.54, 1.807) is 48.5 Å². The van der Waals surface area contributed by atoms with E-state index in [-0.39, 0.29) is 18.5 Å². The van der Waals surface area contributed by atoms with Crippen LogP contribution < -0.4 is 10.1 Å². The molecule has 0 spiro atoms. The maximum Gasteiger partial charge on any atom is 0.322 e. The van der Waals surface area contributed by atoms with Crippen molar-refractivity contribution in [1.29, 1.82) is 0 Å². The summed E-state index contributed by atoms with van der Waals surface area (Å²) in [5, 5.41) is 11.3. The van der Waals surface area contributed by atoms with E-state index >= 15 is 0 Å². The topological polar surface area (TPSA) is 77.2 Å². The lowest BCUT2D eigenvalue weighted by Gasteiger charge is -2.05. The standard InChI is InChI=1S/C16H11Cl2N3O3/c17-11-3-1-10(2-4-11)15-20-21-16(24-15)19-14(22)9-23-13-7-5-12(18)6-8-13/h1-8H,9H2,(H,19,21,22). The van der Waals surface area contributed by atoms with Gasteiger partial charge in [0.2, 0.25) is 5.89 Å². The summed E-state index contributed by atoms with van der Waals surface area (Å²) in [4.78, 5) is 11.8. The third kappa shape index (κ3) is 4.24. The molecule has 6 nitrogen and oxygen atoms in total. The van der Waals surface area contributed by atoms with Crippen molar-refractivity contribution in [3.05, 3.63) is 58.6 Å². The van der Waals surface area contributed by atoms with Gasteiger partial charge < -0.3 is 9.15 Å². The van der Waals surface area contributed by atoms with Crippen LogP contribution >= 0.6 is 23.2 Å². The fourth-order valence-corrected chi connectivity index (χ4v) is 2.07. The van der Waals surface area contributed by atoms with Gasteiger partial charge >= 0.3 is 6.01 Å². The van der Waals surface area contributed by atoms with Gasteiger partial charge in [0.1, 0.15) is 5.75 Å². The minimum atomic E-state index is -0.420. The summed E-state index contributed by atoms with van der Waals surface area (Å²) >= 11 is 11.6. The van der Waals surface area contributed by atoms with E-state index < -0.39 is 5.91 Å². The van der Waals surface area contributed by atoms with Crippen molar-refractivity contribution in [1.82, 2.24) is 10.2 Å². The predicted octanol–water partition coefficient (Wildman–Crippen LogP) is 4.06. The molecule has 0 aliphatic heterocycles. The van der Waals surface area contributed by atoms with Crippen molar-refractivity contribution in [2.45, 2.75) is 0 Å². The van der Waals surface area contributed by atoms with Crippen molar-refractivity contribution in [3.8, 4) is 17.2 Å². The summed E-state index contributed by atoms with van der Waals surface area (Å²) in [6.07, 6.45) is 0. The normalized spacial score (nSPS) is 10.4. The van der Waals surface area contributed by atoms with Gasteiger partial charge in [-0.3, -0.25) is 10.1 Å². The van der Waals surface area contributed by atoms with Crippen molar-refractivity contribution in [3.63, 3.8) is 0 Å². The average molecular weight is 364 g/mol. The van der Waals surface area contributed by atoms with E-state index in [1.165, 1.54) is 0 Å². The van der Waals surface area contributed by atoms with E-state index in [0.717, 1.165) is 0 Å². The van der Waals surface area contributed by atoms with Crippen LogP contribution in [-0.2, 0) is 4.79 Å². The first-order valence-electron chi connectivity index (χ1n) is 6.88. The average Bonchev–Trinajstić information content (AvgIpc) is 3.03. The first-order chi connectivity index (χ1) is 11.6. The molecule has 8 heteroatoms. The van der Waals surface area contributed by atoms with Gasteiger partial charge in [-0.15, -0.1) is 5.10 Å². The predicted molar refractivity (Wildman–Crippen MR) is 90.3 cm³/mol. The molecule has 3 rings (SSSR count). The molecule has 1 heterocycles. The number of carbonyl (C=O) groups excluding carboxylic acids is 1. The summed E-state index contributed by atoms with van der Waals surface area (Å²) in [5.74, 6) is 0.388. The van der Waals surface area contributed by atoms with Gasteiger partial charge in [0.05, 0.1) is 0 Å². The molecule has 122 valence electrons. The zero-order valence-corrected chi connectivity index (χ0v) is 13.7. The van der Waals surface area contributed by atoms with Gasteiger partial charge in [-0.25, -0.2) is 0 Å². The number of benzene rings is 2. The highest BCUT2D eigenvalue weighted by Crippen LogP contribution is 2.21. The first kappa shape index (κ1) is 16.3. The molecule has 2 aromatic carbocycles. The molecule has 0 radical (unpaired) electrons. The van der Waals surface area contributed by atoms with E-state index in [1.807, 2.05) is 0 Å². The Labute approximate surface area is 147 Å². The molecule has 1 amide bonds. The van der Waals surface area contributed by atoms with Crippen LogP contribution in [-0.4, -0.2) is 22.7 Å². The summed E-state index contributed by atoms with van der Waals surface area (Å²) in [7, 11) is 0. The van der Waals surface area contributed by atoms with Gasteiger partial charge in [-0.1, -0.05) is 28.3 Å². The van der Waals surface area contributed by atoms with E-state index in [0.29, 0.717) is 21.4 Å². The number of ether oxygens (including phenoxy) is 1. The highest BCUT2D eigenvalue weighted by Gasteiger charge is 2.12. The van der Waals surface area contributed by atoms with Crippen LogP contribution in [0.5, 0.6) is 5.75 Å². The maximum absolute atomic E-state index is 11.8. The minimum Gasteiger partial charge on any atom is -0.484 e. The van der Waals surface area contributed by atoms with Crippen LogP contribution in [0.4, 0.5) is 6.01 Å². The lowest BCUT2D eigenvalue weighted by molar-refractivity contribution is -0.118. The molecule has 0 saturated carbocycles. The van der Waals surface area contributed by atoms with Crippen LogP contribution in [0.1, 0.15) is 0 Å². The number of nitrogens with zero attached hydrogens (tertiary/aromatic N) is 2. The molecular formula is C16H11Cl2N3O3. The third-order valence-electron chi connectivity index (χ3n) is 2.95. The van der Waals surface area contributed by atoms with Gasteiger partial charge in [0, 0.05) is 15.6 Å². The molecule has 0 aliphatic rings. The zero-order chi connectivity index (χ0) is 16.9. The Morgan fingerprint density at radius 1 is 1.00 bits per heavy atom. The molecule has 0 fully saturated rings. The Kier molecular flexibility index (Phi) is 4.98. The van der Waals surface area contributed by atoms with Crippen LogP contribution in [0.15, 0.2) is 52.9 Å². The molecule has 0 bridgehead atoms. The second-order valence-electron chi connectivity index (χ2n) is 4.71. The van der Waals surface area contributed by atoms with Crippen molar-refractivity contribution in [2.75, 3.05) is 11.9 Å². The lowest BCUT2D eigenvalue weighted by Crippen LogP contribution is -2.20. The molecule has 1 aromatic heterocycles. The number of carbonyl (C=O) groups is 1. The molecule has 0 atom stereocenters. The second-order valence-corrected chi connectivity index (χ2v) is 5.58. The molecule has 0 saturated heterocycles. The smallest absolute Gasteiger partial charge is 0.322 e.